The lowest BCUT2D eigenvalue weighted by atomic mass is 9.86. The minimum absolute atomic E-state index is 0.112. The number of aliphatic hydroxyl groups is 2. The third kappa shape index (κ3) is 6.69. The van der Waals surface area contributed by atoms with E-state index in [0.29, 0.717) is 42.6 Å². The minimum Gasteiger partial charge on any atom is -0.670 e. The molecule has 3 unspecified atom stereocenters. The summed E-state index contributed by atoms with van der Waals surface area (Å²) in [5, 5.41) is 52.7. The molecular weight excluding hydrogens is 498 g/mol. The van der Waals surface area contributed by atoms with Crippen LogP contribution in [0.1, 0.15) is 84.9 Å². The summed E-state index contributed by atoms with van der Waals surface area (Å²) in [7, 11) is 1.41. The van der Waals surface area contributed by atoms with Crippen molar-refractivity contribution in [1.29, 1.82) is 0 Å². The first kappa shape index (κ1) is 28.8. The molecule has 0 saturated carbocycles. The smallest absolute Gasteiger partial charge is 0.201 e. The van der Waals surface area contributed by atoms with Gasteiger partial charge in [-0.25, -0.2) is 0 Å². The molecule has 1 aliphatic heterocycles. The fourth-order valence-electron chi connectivity index (χ4n) is 5.65. The molecule has 3 atom stereocenters. The zero-order valence-corrected chi connectivity index (χ0v) is 22.8. The highest BCUT2D eigenvalue weighted by molar-refractivity contribution is 5.64. The van der Waals surface area contributed by atoms with E-state index in [-0.39, 0.29) is 23.8 Å². The first-order chi connectivity index (χ1) is 18.9. The van der Waals surface area contributed by atoms with Gasteiger partial charge < -0.3 is 40.0 Å². The van der Waals surface area contributed by atoms with Gasteiger partial charge in [0.05, 0.1) is 32.0 Å². The van der Waals surface area contributed by atoms with Crippen molar-refractivity contribution >= 4 is 0 Å². The number of aromatic nitrogens is 1. The minimum atomic E-state index is -0.639. The van der Waals surface area contributed by atoms with E-state index < -0.39 is 30.3 Å². The summed E-state index contributed by atoms with van der Waals surface area (Å²) in [5.74, 6) is -0.450. The van der Waals surface area contributed by atoms with Crippen molar-refractivity contribution in [2.75, 3.05) is 7.11 Å². The number of phenolic OH excluding ortho intramolecular Hbond substituents is 2. The highest BCUT2D eigenvalue weighted by atomic mass is 16.5. The van der Waals surface area contributed by atoms with Crippen LogP contribution in [0, 0.1) is 0 Å². The summed E-state index contributed by atoms with van der Waals surface area (Å²) in [5.41, 5.74) is 4.20. The maximum absolute atomic E-state index is 10.8. The third-order valence-corrected chi connectivity index (χ3v) is 7.66. The highest BCUT2D eigenvalue weighted by Crippen LogP contribution is 2.49. The number of aryl methyl sites for hydroxylation is 2. The maximum atomic E-state index is 10.8. The van der Waals surface area contributed by atoms with Crippen LogP contribution >= 0.6 is 0 Å². The Bertz CT molecular complexity index is 1220. The number of hydrogen-bond acceptors (Lipinski definition) is 7. The number of ether oxygens (including phenoxy) is 2. The van der Waals surface area contributed by atoms with Crippen molar-refractivity contribution in [3.05, 3.63) is 70.0 Å². The molecule has 0 radical (unpaired) electrons. The maximum Gasteiger partial charge on any atom is 0.201 e. The van der Waals surface area contributed by atoms with Crippen molar-refractivity contribution in [3.8, 4) is 23.0 Å². The van der Waals surface area contributed by atoms with Crippen LogP contribution in [-0.2, 0) is 30.6 Å². The fourth-order valence-corrected chi connectivity index (χ4v) is 5.65. The van der Waals surface area contributed by atoms with Crippen LogP contribution < -0.4 is 9.72 Å². The van der Waals surface area contributed by atoms with Gasteiger partial charge >= 0.3 is 0 Å². The van der Waals surface area contributed by atoms with Crippen LogP contribution in [0.15, 0.2) is 36.7 Å². The quantitative estimate of drug-likeness (QED) is 0.164. The molecule has 1 aromatic heterocycles. The van der Waals surface area contributed by atoms with Crippen LogP contribution in [0.3, 0.4) is 0 Å². The monoisotopic (exact) mass is 538 g/mol. The van der Waals surface area contributed by atoms with Crippen LogP contribution in [0.4, 0.5) is 0 Å². The second-order valence-corrected chi connectivity index (χ2v) is 10.4. The van der Waals surface area contributed by atoms with Crippen molar-refractivity contribution in [3.63, 3.8) is 0 Å². The van der Waals surface area contributed by atoms with Crippen LogP contribution in [0.25, 0.3) is 0 Å². The van der Waals surface area contributed by atoms with E-state index >= 15 is 0 Å². The largest absolute Gasteiger partial charge is 0.670 e. The summed E-state index contributed by atoms with van der Waals surface area (Å²) >= 11 is 0. The SMILES string of the molecule is CCCCCc1cc(CCC2CC(O)CC(c3c(CO)c(O)c(O)c(OC)c3Cc3cc[n-]c3)O2)ccc1O. The fraction of sp³-hybridized carbons (Fsp3) is 0.484. The Morgan fingerprint density at radius 3 is 2.51 bits per heavy atom. The number of nitrogens with zero attached hydrogens (tertiary/aromatic N) is 1. The number of aromatic hydroxyl groups is 3. The van der Waals surface area contributed by atoms with E-state index in [2.05, 4.69) is 18.0 Å². The molecule has 8 nitrogen and oxygen atoms in total. The number of rotatable bonds is 12. The molecule has 5 N–H and O–H groups in total. The van der Waals surface area contributed by atoms with Gasteiger partial charge in [0, 0.05) is 17.5 Å². The molecule has 2 heterocycles. The molecule has 0 amide bonds. The van der Waals surface area contributed by atoms with Gasteiger partial charge in [-0.3, -0.25) is 0 Å². The third-order valence-electron chi connectivity index (χ3n) is 7.66. The molecule has 3 aromatic rings. The van der Waals surface area contributed by atoms with Gasteiger partial charge in [0.1, 0.15) is 5.75 Å². The summed E-state index contributed by atoms with van der Waals surface area (Å²) < 4.78 is 12.0. The van der Waals surface area contributed by atoms with Crippen molar-refractivity contribution in [2.24, 2.45) is 0 Å². The van der Waals surface area contributed by atoms with Gasteiger partial charge in [0.2, 0.25) is 5.75 Å². The van der Waals surface area contributed by atoms with E-state index in [9.17, 15) is 25.5 Å². The Morgan fingerprint density at radius 1 is 1.00 bits per heavy atom. The Labute approximate surface area is 229 Å². The normalized spacial score (nSPS) is 19.3. The lowest BCUT2D eigenvalue weighted by Crippen LogP contribution is -2.32. The number of unbranched alkanes of at least 4 members (excludes halogenated alkanes) is 2. The number of phenols is 3. The van der Waals surface area contributed by atoms with Gasteiger partial charge in [-0.15, -0.1) is 0 Å². The predicted octanol–water partition coefficient (Wildman–Crippen LogP) is 4.80. The average Bonchev–Trinajstić information content (AvgIpc) is 3.44. The molecule has 0 spiro atoms. The molecule has 39 heavy (non-hydrogen) atoms. The first-order valence-electron chi connectivity index (χ1n) is 13.8. The first-order valence-corrected chi connectivity index (χ1v) is 13.8. The lowest BCUT2D eigenvalue weighted by molar-refractivity contribution is -0.101. The molecule has 2 aromatic carbocycles. The van der Waals surface area contributed by atoms with Crippen LogP contribution in [0.2, 0.25) is 0 Å². The Hall–Kier alpha value is -3.20. The zero-order chi connectivity index (χ0) is 27.9. The van der Waals surface area contributed by atoms with Crippen molar-refractivity contribution in [1.82, 2.24) is 4.98 Å². The van der Waals surface area contributed by atoms with Gasteiger partial charge in [-0.2, -0.15) is 12.4 Å². The van der Waals surface area contributed by atoms with Gasteiger partial charge in [-0.05, 0) is 61.3 Å². The topological polar surface area (TPSA) is 134 Å². The Kier molecular flexibility index (Phi) is 9.78. The van der Waals surface area contributed by atoms with Gasteiger partial charge in [-0.1, -0.05) is 43.5 Å². The van der Waals surface area contributed by atoms with Gasteiger partial charge in [0.25, 0.3) is 0 Å². The number of benzene rings is 2. The standard InChI is InChI=1S/C31H40NO7/c1-3-4-5-6-21-13-19(8-10-26(21)35)7-9-23-15-22(34)16-27(39-23)28-24(14-20-11-12-32-17-20)31(38-2)30(37)29(36)25(28)18-33/h8,10-13,17,22-23,27,33-37H,3-7,9,14-16,18H2,1-2H3/q-1. The molecule has 8 heteroatoms. The lowest BCUT2D eigenvalue weighted by Gasteiger charge is -2.36. The zero-order valence-electron chi connectivity index (χ0n) is 22.8. The molecule has 0 bridgehead atoms. The number of aliphatic hydroxyl groups excluding tert-OH is 2. The average molecular weight is 539 g/mol. The predicted molar refractivity (Wildman–Crippen MR) is 147 cm³/mol. The summed E-state index contributed by atoms with van der Waals surface area (Å²) in [4.78, 5) is 4.12. The number of hydrogen-bond donors (Lipinski definition) is 5. The molecule has 1 fully saturated rings. The van der Waals surface area contributed by atoms with Crippen molar-refractivity contribution < 1.29 is 35.0 Å². The molecule has 212 valence electrons. The summed E-state index contributed by atoms with van der Waals surface area (Å²) in [6, 6.07) is 7.58. The van der Waals surface area contributed by atoms with E-state index in [0.717, 1.165) is 42.4 Å². The summed E-state index contributed by atoms with van der Waals surface area (Å²) in [6.07, 6.45) is 8.43. The Balaban J connectivity index is 1.59. The molecule has 1 saturated heterocycles. The van der Waals surface area contributed by atoms with Crippen LogP contribution in [-0.4, -0.2) is 44.9 Å². The van der Waals surface area contributed by atoms with E-state index in [4.69, 9.17) is 9.47 Å². The number of methoxy groups -OCH3 is 1. The highest BCUT2D eigenvalue weighted by Gasteiger charge is 2.35. The van der Waals surface area contributed by atoms with E-state index in [1.807, 2.05) is 12.1 Å². The van der Waals surface area contributed by atoms with E-state index in [1.165, 1.54) is 7.11 Å². The van der Waals surface area contributed by atoms with Crippen molar-refractivity contribution in [2.45, 2.75) is 89.6 Å². The van der Waals surface area contributed by atoms with E-state index in [1.54, 1.807) is 18.5 Å². The molecule has 0 aliphatic carbocycles. The van der Waals surface area contributed by atoms with Gasteiger partial charge in [0.15, 0.2) is 11.5 Å². The second kappa shape index (κ2) is 13.2. The van der Waals surface area contributed by atoms with Crippen LogP contribution in [0.5, 0.6) is 23.0 Å². The molecule has 1 aliphatic rings. The molecule has 4 rings (SSSR count). The second-order valence-electron chi connectivity index (χ2n) is 10.4. The molecular formula is C31H40NO7-. The Morgan fingerprint density at radius 2 is 1.82 bits per heavy atom. The summed E-state index contributed by atoms with van der Waals surface area (Å²) in [6.45, 7) is 1.64.